The number of rotatable bonds is 1. The molecular formula is C7H7FN2O. The van der Waals surface area contributed by atoms with Crippen molar-refractivity contribution in [3.8, 4) is 0 Å². The molecule has 0 aromatic heterocycles. The van der Waals surface area contributed by atoms with E-state index in [2.05, 4.69) is 0 Å². The third kappa shape index (κ3) is 1.29. The lowest BCUT2D eigenvalue weighted by Gasteiger charge is -2.00. The SMILES string of the molecule is Nc1cc(F)c(C=O)cc1N. The number of hydrogen-bond acceptors (Lipinski definition) is 3. The maximum atomic E-state index is 12.7. The van der Waals surface area contributed by atoms with E-state index in [9.17, 15) is 9.18 Å². The first-order valence-corrected chi connectivity index (χ1v) is 2.95. The van der Waals surface area contributed by atoms with Crippen LogP contribution in [0, 0.1) is 5.82 Å². The van der Waals surface area contributed by atoms with Gasteiger partial charge >= 0.3 is 0 Å². The maximum absolute atomic E-state index is 12.7. The van der Waals surface area contributed by atoms with Gasteiger partial charge in [-0.3, -0.25) is 4.79 Å². The monoisotopic (exact) mass is 154 g/mol. The summed E-state index contributed by atoms with van der Waals surface area (Å²) in [5.41, 5.74) is 10.9. The highest BCUT2D eigenvalue weighted by molar-refractivity contribution is 5.80. The van der Waals surface area contributed by atoms with E-state index < -0.39 is 5.82 Å². The van der Waals surface area contributed by atoms with Crippen molar-refractivity contribution in [2.45, 2.75) is 0 Å². The van der Waals surface area contributed by atoms with Crippen LogP contribution >= 0.6 is 0 Å². The van der Waals surface area contributed by atoms with Gasteiger partial charge in [-0.15, -0.1) is 0 Å². The van der Waals surface area contributed by atoms with Gasteiger partial charge in [-0.25, -0.2) is 4.39 Å². The minimum atomic E-state index is -0.647. The van der Waals surface area contributed by atoms with E-state index in [1.54, 1.807) is 0 Å². The van der Waals surface area contributed by atoms with E-state index in [0.717, 1.165) is 6.07 Å². The van der Waals surface area contributed by atoms with Crippen molar-refractivity contribution in [2.75, 3.05) is 11.5 Å². The second-order valence-corrected chi connectivity index (χ2v) is 2.12. The molecule has 11 heavy (non-hydrogen) atoms. The van der Waals surface area contributed by atoms with Crippen LogP contribution in [0.2, 0.25) is 0 Å². The Bertz CT molecular complexity index is 299. The lowest BCUT2D eigenvalue weighted by Crippen LogP contribution is -1.98. The molecule has 4 heteroatoms. The predicted octanol–water partition coefficient (Wildman–Crippen LogP) is 0.803. The van der Waals surface area contributed by atoms with Crippen LogP contribution in [0.4, 0.5) is 15.8 Å². The van der Waals surface area contributed by atoms with Gasteiger partial charge in [0.2, 0.25) is 0 Å². The normalized spacial score (nSPS) is 9.55. The first-order valence-electron chi connectivity index (χ1n) is 2.95. The van der Waals surface area contributed by atoms with E-state index in [4.69, 9.17) is 11.5 Å². The molecule has 0 amide bonds. The zero-order valence-corrected chi connectivity index (χ0v) is 5.67. The van der Waals surface area contributed by atoms with Gasteiger partial charge in [0, 0.05) is 0 Å². The third-order valence-electron chi connectivity index (χ3n) is 1.33. The molecule has 1 aromatic rings. The van der Waals surface area contributed by atoms with Crippen molar-refractivity contribution in [1.29, 1.82) is 0 Å². The molecule has 0 radical (unpaired) electrons. The van der Waals surface area contributed by atoms with Crippen molar-refractivity contribution >= 4 is 17.7 Å². The van der Waals surface area contributed by atoms with Crippen LogP contribution in [-0.4, -0.2) is 6.29 Å². The van der Waals surface area contributed by atoms with Gasteiger partial charge < -0.3 is 11.5 Å². The molecule has 3 nitrogen and oxygen atoms in total. The highest BCUT2D eigenvalue weighted by atomic mass is 19.1. The second kappa shape index (κ2) is 2.57. The molecule has 58 valence electrons. The fraction of sp³-hybridized carbons (Fsp3) is 0. The summed E-state index contributed by atoms with van der Waals surface area (Å²) >= 11 is 0. The zero-order valence-electron chi connectivity index (χ0n) is 5.67. The number of nitrogens with two attached hydrogens (primary N) is 2. The summed E-state index contributed by atoms with van der Waals surface area (Å²) in [6, 6.07) is 2.23. The van der Waals surface area contributed by atoms with E-state index in [-0.39, 0.29) is 16.9 Å². The summed E-state index contributed by atoms with van der Waals surface area (Å²) in [4.78, 5) is 10.2. The number of aldehydes is 1. The van der Waals surface area contributed by atoms with Gasteiger partial charge in [-0.1, -0.05) is 0 Å². The third-order valence-corrected chi connectivity index (χ3v) is 1.33. The van der Waals surface area contributed by atoms with Crippen LogP contribution in [0.15, 0.2) is 12.1 Å². The van der Waals surface area contributed by atoms with Gasteiger partial charge in [0.1, 0.15) is 5.82 Å². The van der Waals surface area contributed by atoms with Gasteiger partial charge in [0.15, 0.2) is 6.29 Å². The molecule has 0 aliphatic heterocycles. The highest BCUT2D eigenvalue weighted by Gasteiger charge is 2.03. The van der Waals surface area contributed by atoms with Crippen LogP contribution in [0.5, 0.6) is 0 Å². The fourth-order valence-electron chi connectivity index (χ4n) is 0.713. The Labute approximate surface area is 62.8 Å². The number of carbonyl (C=O) groups is 1. The molecule has 0 aliphatic rings. The molecule has 0 unspecified atom stereocenters. The maximum Gasteiger partial charge on any atom is 0.153 e. The van der Waals surface area contributed by atoms with E-state index in [0.29, 0.717) is 6.29 Å². The van der Waals surface area contributed by atoms with E-state index in [1.807, 2.05) is 0 Å². The quantitative estimate of drug-likeness (QED) is 0.464. The lowest BCUT2D eigenvalue weighted by atomic mass is 10.2. The summed E-state index contributed by atoms with van der Waals surface area (Å²) in [5.74, 6) is -0.647. The van der Waals surface area contributed by atoms with Gasteiger partial charge in [0.25, 0.3) is 0 Å². The van der Waals surface area contributed by atoms with Crippen LogP contribution in [-0.2, 0) is 0 Å². The number of anilines is 2. The molecule has 4 N–H and O–H groups in total. The van der Waals surface area contributed by atoms with E-state index >= 15 is 0 Å². The summed E-state index contributed by atoms with van der Waals surface area (Å²) < 4.78 is 12.7. The Morgan fingerprint density at radius 2 is 1.82 bits per heavy atom. The standard InChI is InChI=1S/C7H7FN2O/c8-5-2-7(10)6(9)1-4(5)3-11/h1-3H,9-10H2. The van der Waals surface area contributed by atoms with Gasteiger partial charge in [-0.05, 0) is 12.1 Å². The van der Waals surface area contributed by atoms with Gasteiger partial charge in [0.05, 0.1) is 16.9 Å². The molecule has 0 bridgehead atoms. The molecule has 0 heterocycles. The molecule has 0 fully saturated rings. The molecule has 1 rings (SSSR count). The zero-order chi connectivity index (χ0) is 8.43. The lowest BCUT2D eigenvalue weighted by molar-refractivity contribution is 0.112. The second-order valence-electron chi connectivity index (χ2n) is 2.12. The number of hydrogen-bond donors (Lipinski definition) is 2. The number of carbonyl (C=O) groups excluding carboxylic acids is 1. The largest absolute Gasteiger partial charge is 0.397 e. The van der Waals surface area contributed by atoms with Crippen molar-refractivity contribution in [1.82, 2.24) is 0 Å². The fourth-order valence-corrected chi connectivity index (χ4v) is 0.713. The first kappa shape index (κ1) is 7.53. The van der Waals surface area contributed by atoms with Crippen LogP contribution in [0.1, 0.15) is 10.4 Å². The van der Waals surface area contributed by atoms with Gasteiger partial charge in [-0.2, -0.15) is 0 Å². The molecule has 0 saturated carbocycles. The summed E-state index contributed by atoms with van der Waals surface area (Å²) in [6.45, 7) is 0. The smallest absolute Gasteiger partial charge is 0.153 e. The van der Waals surface area contributed by atoms with Crippen LogP contribution in [0.25, 0.3) is 0 Å². The number of halogens is 1. The van der Waals surface area contributed by atoms with Crippen molar-refractivity contribution in [3.63, 3.8) is 0 Å². The summed E-state index contributed by atoms with van der Waals surface area (Å²) in [6.07, 6.45) is 0.394. The molecule has 0 aliphatic carbocycles. The molecule has 1 aromatic carbocycles. The number of nitrogen functional groups attached to an aromatic ring is 2. The first-order chi connectivity index (χ1) is 5.15. The molecule has 0 spiro atoms. The Morgan fingerprint density at radius 3 is 2.36 bits per heavy atom. The van der Waals surface area contributed by atoms with Crippen molar-refractivity contribution < 1.29 is 9.18 Å². The Kier molecular flexibility index (Phi) is 1.76. The van der Waals surface area contributed by atoms with Crippen LogP contribution < -0.4 is 11.5 Å². The Hall–Kier alpha value is -1.58. The Balaban J connectivity index is 3.31. The minimum Gasteiger partial charge on any atom is -0.397 e. The van der Waals surface area contributed by atoms with Crippen molar-refractivity contribution in [2.24, 2.45) is 0 Å². The predicted molar refractivity (Wildman–Crippen MR) is 40.6 cm³/mol. The average Bonchev–Trinajstić information content (AvgIpc) is 1.97. The average molecular weight is 154 g/mol. The molecule has 0 saturated heterocycles. The summed E-state index contributed by atoms with van der Waals surface area (Å²) in [5, 5.41) is 0. The Morgan fingerprint density at radius 1 is 1.27 bits per heavy atom. The number of benzene rings is 1. The topological polar surface area (TPSA) is 69.1 Å². The molecular weight excluding hydrogens is 147 g/mol. The highest BCUT2D eigenvalue weighted by Crippen LogP contribution is 2.18. The van der Waals surface area contributed by atoms with E-state index in [1.165, 1.54) is 6.07 Å². The van der Waals surface area contributed by atoms with Crippen LogP contribution in [0.3, 0.4) is 0 Å². The van der Waals surface area contributed by atoms with Crippen molar-refractivity contribution in [3.05, 3.63) is 23.5 Å². The summed E-state index contributed by atoms with van der Waals surface area (Å²) in [7, 11) is 0. The molecule has 0 atom stereocenters. The minimum absolute atomic E-state index is 0.0725.